The summed E-state index contributed by atoms with van der Waals surface area (Å²) >= 11 is 0. The molecule has 0 aliphatic carbocycles. The maximum absolute atomic E-state index is 11.8. The van der Waals surface area contributed by atoms with E-state index in [2.05, 4.69) is 0 Å². The third-order valence-corrected chi connectivity index (χ3v) is 2.77. The lowest BCUT2D eigenvalue weighted by Crippen LogP contribution is -2.34. The largest absolute Gasteiger partial charge is 0.460 e. The molecule has 100 valence electrons. The lowest BCUT2D eigenvalue weighted by molar-refractivity contribution is -0.154. The van der Waals surface area contributed by atoms with Gasteiger partial charge in [0.2, 0.25) is 0 Å². The molecule has 1 fully saturated rings. The Morgan fingerprint density at radius 1 is 1.37 bits per heavy atom. The van der Waals surface area contributed by atoms with Gasteiger partial charge in [-0.2, -0.15) is 0 Å². The minimum absolute atomic E-state index is 0.117. The number of cyclic esters (lactones) is 1. The molecule has 1 saturated heterocycles. The van der Waals surface area contributed by atoms with Crippen molar-refractivity contribution in [2.45, 2.75) is 19.6 Å². The van der Waals surface area contributed by atoms with Crippen molar-refractivity contribution in [3.05, 3.63) is 35.9 Å². The predicted molar refractivity (Wildman–Crippen MR) is 63.8 cm³/mol. The van der Waals surface area contributed by atoms with Gasteiger partial charge >= 0.3 is 12.1 Å². The summed E-state index contributed by atoms with van der Waals surface area (Å²) in [4.78, 5) is 34.0. The number of ether oxygens (including phenoxy) is 2. The molecule has 6 heteroatoms. The van der Waals surface area contributed by atoms with Gasteiger partial charge in [0.1, 0.15) is 12.5 Å². The highest BCUT2D eigenvalue weighted by Crippen LogP contribution is 2.15. The van der Waals surface area contributed by atoms with Crippen LogP contribution in [0.5, 0.6) is 0 Å². The first-order chi connectivity index (χ1) is 9.08. The molecule has 6 nitrogen and oxygen atoms in total. The molecular formula is C13H13NO5. The number of nitrogens with one attached hydrogen (secondary N) is 1. The molecule has 2 rings (SSSR count). The van der Waals surface area contributed by atoms with Crippen molar-refractivity contribution < 1.29 is 23.9 Å². The molecule has 19 heavy (non-hydrogen) atoms. The lowest BCUT2D eigenvalue weighted by atomic mass is 10.1. The number of carbonyl (C=O) groups excluding carboxylic acids is 3. The zero-order valence-corrected chi connectivity index (χ0v) is 10.3. The monoisotopic (exact) mass is 263 g/mol. The average Bonchev–Trinajstić information content (AvgIpc) is 2.75. The van der Waals surface area contributed by atoms with Crippen molar-refractivity contribution in [2.24, 2.45) is 5.92 Å². The first-order valence-electron chi connectivity index (χ1n) is 5.80. The van der Waals surface area contributed by atoms with Gasteiger partial charge in [0, 0.05) is 0 Å². The Labute approximate surface area is 109 Å². The SMILES string of the molecule is CC(C(=O)OCc1ccccc1)C1OC(=O)NC1=O. The molecule has 1 N–H and O–H groups in total. The quantitative estimate of drug-likeness (QED) is 0.819. The van der Waals surface area contributed by atoms with Gasteiger partial charge in [-0.15, -0.1) is 0 Å². The van der Waals surface area contributed by atoms with Crippen LogP contribution in [-0.4, -0.2) is 24.1 Å². The number of rotatable bonds is 4. The molecule has 0 aromatic heterocycles. The van der Waals surface area contributed by atoms with Gasteiger partial charge in [-0.1, -0.05) is 30.3 Å². The van der Waals surface area contributed by atoms with Crippen LogP contribution >= 0.6 is 0 Å². The molecule has 1 aliphatic heterocycles. The molecule has 2 atom stereocenters. The lowest BCUT2D eigenvalue weighted by Gasteiger charge is -2.14. The minimum Gasteiger partial charge on any atom is -0.460 e. The molecule has 2 unspecified atom stereocenters. The molecule has 0 spiro atoms. The van der Waals surface area contributed by atoms with E-state index in [1.54, 1.807) is 0 Å². The second kappa shape index (κ2) is 5.51. The Hall–Kier alpha value is -2.37. The summed E-state index contributed by atoms with van der Waals surface area (Å²) in [5.74, 6) is -2.04. The van der Waals surface area contributed by atoms with Crippen molar-refractivity contribution in [3.63, 3.8) is 0 Å². The van der Waals surface area contributed by atoms with Gasteiger partial charge in [0.25, 0.3) is 5.91 Å². The van der Waals surface area contributed by atoms with Crippen LogP contribution in [0.15, 0.2) is 30.3 Å². The summed E-state index contributed by atoms with van der Waals surface area (Å²) in [7, 11) is 0. The second-order valence-electron chi connectivity index (χ2n) is 4.20. The Morgan fingerprint density at radius 3 is 2.63 bits per heavy atom. The topological polar surface area (TPSA) is 81.7 Å². The highest BCUT2D eigenvalue weighted by Gasteiger charge is 2.40. The van der Waals surface area contributed by atoms with Crippen molar-refractivity contribution in [1.29, 1.82) is 0 Å². The number of benzene rings is 1. The fraction of sp³-hybridized carbons (Fsp3) is 0.308. The van der Waals surface area contributed by atoms with Gasteiger partial charge in [-0.3, -0.25) is 14.9 Å². The van der Waals surface area contributed by atoms with E-state index in [0.717, 1.165) is 5.56 Å². The molecule has 0 bridgehead atoms. The van der Waals surface area contributed by atoms with Crippen molar-refractivity contribution in [2.75, 3.05) is 0 Å². The van der Waals surface area contributed by atoms with Gasteiger partial charge in [-0.25, -0.2) is 4.79 Å². The molecule has 0 radical (unpaired) electrons. The molecule has 1 heterocycles. The number of hydrogen-bond donors (Lipinski definition) is 1. The number of hydrogen-bond acceptors (Lipinski definition) is 5. The van der Waals surface area contributed by atoms with Crippen molar-refractivity contribution >= 4 is 18.0 Å². The zero-order valence-electron chi connectivity index (χ0n) is 10.3. The molecule has 2 amide bonds. The summed E-state index contributed by atoms with van der Waals surface area (Å²) in [5, 5.41) is 1.97. The van der Waals surface area contributed by atoms with Crippen LogP contribution in [-0.2, 0) is 25.7 Å². The van der Waals surface area contributed by atoms with Gasteiger partial charge in [0.15, 0.2) is 6.10 Å². The van der Waals surface area contributed by atoms with Crippen LogP contribution in [0.4, 0.5) is 4.79 Å². The maximum Gasteiger partial charge on any atom is 0.414 e. The first-order valence-corrected chi connectivity index (χ1v) is 5.80. The number of alkyl carbamates (subject to hydrolysis) is 1. The third-order valence-electron chi connectivity index (χ3n) is 2.77. The zero-order chi connectivity index (χ0) is 13.8. The summed E-state index contributed by atoms with van der Waals surface area (Å²) in [6.45, 7) is 1.60. The van der Waals surface area contributed by atoms with E-state index in [1.807, 2.05) is 35.6 Å². The van der Waals surface area contributed by atoms with E-state index < -0.39 is 30.0 Å². The van der Waals surface area contributed by atoms with E-state index in [0.29, 0.717) is 0 Å². The number of esters is 1. The third kappa shape index (κ3) is 3.09. The van der Waals surface area contributed by atoms with E-state index in [4.69, 9.17) is 9.47 Å². The fourth-order valence-electron chi connectivity index (χ4n) is 1.68. The van der Waals surface area contributed by atoms with Crippen LogP contribution in [0.1, 0.15) is 12.5 Å². The van der Waals surface area contributed by atoms with Crippen molar-refractivity contribution in [3.8, 4) is 0 Å². The summed E-state index contributed by atoms with van der Waals surface area (Å²) in [5.41, 5.74) is 0.843. The van der Waals surface area contributed by atoms with E-state index >= 15 is 0 Å². The Kier molecular flexibility index (Phi) is 3.79. The molecule has 1 aromatic carbocycles. The fourth-order valence-corrected chi connectivity index (χ4v) is 1.68. The predicted octanol–water partition coefficient (Wildman–Crippen LogP) is 1.00. The standard InChI is InChI=1S/C13H13NO5/c1-8(10-11(15)14-13(17)19-10)12(16)18-7-9-5-3-2-4-6-9/h2-6,8,10H,7H2,1H3,(H,14,15,17). The molecule has 0 saturated carbocycles. The van der Waals surface area contributed by atoms with Crippen LogP contribution in [0.25, 0.3) is 0 Å². The van der Waals surface area contributed by atoms with Crippen LogP contribution in [0.3, 0.4) is 0 Å². The summed E-state index contributed by atoms with van der Waals surface area (Å²) in [6.07, 6.45) is -1.95. The second-order valence-corrected chi connectivity index (χ2v) is 4.20. The molecular weight excluding hydrogens is 250 g/mol. The smallest absolute Gasteiger partial charge is 0.414 e. The van der Waals surface area contributed by atoms with Crippen molar-refractivity contribution in [1.82, 2.24) is 5.32 Å². The van der Waals surface area contributed by atoms with Crippen LogP contribution in [0, 0.1) is 5.92 Å². The Balaban J connectivity index is 1.89. The Morgan fingerprint density at radius 2 is 2.05 bits per heavy atom. The average molecular weight is 263 g/mol. The van der Waals surface area contributed by atoms with Gasteiger partial charge in [-0.05, 0) is 12.5 Å². The Bertz CT molecular complexity index is 499. The van der Waals surface area contributed by atoms with Crippen LogP contribution in [0.2, 0.25) is 0 Å². The number of imide groups is 1. The first kappa shape index (κ1) is 13.1. The maximum atomic E-state index is 11.8. The number of amides is 2. The normalized spacial score (nSPS) is 19.5. The van der Waals surface area contributed by atoms with Gasteiger partial charge in [0.05, 0.1) is 0 Å². The molecule has 1 aliphatic rings. The highest BCUT2D eigenvalue weighted by molar-refractivity contribution is 6.01. The molecule has 1 aromatic rings. The van der Waals surface area contributed by atoms with E-state index in [-0.39, 0.29) is 6.61 Å². The van der Waals surface area contributed by atoms with Crippen LogP contribution < -0.4 is 5.32 Å². The highest BCUT2D eigenvalue weighted by atomic mass is 16.6. The number of carbonyl (C=O) groups is 3. The minimum atomic E-state index is -1.12. The van der Waals surface area contributed by atoms with E-state index in [9.17, 15) is 14.4 Å². The van der Waals surface area contributed by atoms with Gasteiger partial charge < -0.3 is 9.47 Å². The summed E-state index contributed by atoms with van der Waals surface area (Å²) < 4.78 is 9.78. The summed E-state index contributed by atoms with van der Waals surface area (Å²) in [6, 6.07) is 9.16. The van der Waals surface area contributed by atoms with E-state index in [1.165, 1.54) is 6.92 Å².